The Morgan fingerprint density at radius 2 is 2.00 bits per heavy atom. The lowest BCUT2D eigenvalue weighted by atomic mass is 10.2. The van der Waals surface area contributed by atoms with Gasteiger partial charge in [-0.2, -0.15) is 0 Å². The highest BCUT2D eigenvalue weighted by atomic mass is 16.5. The van der Waals surface area contributed by atoms with Crippen LogP contribution in [0.2, 0.25) is 0 Å². The molecule has 4 heteroatoms. The van der Waals surface area contributed by atoms with Gasteiger partial charge >= 0.3 is 5.97 Å². The van der Waals surface area contributed by atoms with Crippen LogP contribution in [0.5, 0.6) is 0 Å². The van der Waals surface area contributed by atoms with E-state index in [1.54, 1.807) is 0 Å². The number of rotatable bonds is 3. The second-order valence-corrected chi connectivity index (χ2v) is 3.55. The standard InChI is InChI=1S/C8H17NO3/c1-8(2,3)12-5-6(9)7(10)11-4/h6H,5,9H2,1-4H3. The minimum absolute atomic E-state index is 0.191. The van der Waals surface area contributed by atoms with Crippen molar-refractivity contribution in [3.05, 3.63) is 0 Å². The fourth-order valence-electron chi connectivity index (χ4n) is 0.559. The number of ether oxygens (including phenoxy) is 2. The van der Waals surface area contributed by atoms with Crippen LogP contribution in [0.25, 0.3) is 0 Å². The summed E-state index contributed by atoms with van der Waals surface area (Å²) in [6.07, 6.45) is 0. The molecule has 1 atom stereocenters. The van der Waals surface area contributed by atoms with Crippen molar-refractivity contribution in [2.45, 2.75) is 32.4 Å². The highest BCUT2D eigenvalue weighted by Crippen LogP contribution is 2.06. The van der Waals surface area contributed by atoms with Gasteiger partial charge in [0.1, 0.15) is 6.04 Å². The minimum atomic E-state index is -0.686. The lowest BCUT2D eigenvalue weighted by Gasteiger charge is -2.21. The molecule has 0 aliphatic heterocycles. The summed E-state index contributed by atoms with van der Waals surface area (Å²) in [5.41, 5.74) is 5.16. The predicted molar refractivity (Wildman–Crippen MR) is 45.7 cm³/mol. The third kappa shape index (κ3) is 5.09. The number of nitrogens with two attached hydrogens (primary N) is 1. The Hall–Kier alpha value is -0.610. The van der Waals surface area contributed by atoms with Gasteiger partial charge in [-0.15, -0.1) is 0 Å². The molecule has 0 saturated carbocycles. The molecule has 1 unspecified atom stereocenters. The molecule has 0 amide bonds. The van der Waals surface area contributed by atoms with Crippen LogP contribution in [0.4, 0.5) is 0 Å². The third-order valence-corrected chi connectivity index (χ3v) is 1.20. The summed E-state index contributed by atoms with van der Waals surface area (Å²) in [7, 11) is 1.30. The fraction of sp³-hybridized carbons (Fsp3) is 0.875. The minimum Gasteiger partial charge on any atom is -0.468 e. The maximum absolute atomic E-state index is 10.8. The van der Waals surface area contributed by atoms with E-state index < -0.39 is 12.0 Å². The molecule has 0 heterocycles. The van der Waals surface area contributed by atoms with Gasteiger partial charge in [0.05, 0.1) is 19.3 Å². The van der Waals surface area contributed by atoms with Gasteiger partial charge in [0.15, 0.2) is 0 Å². The monoisotopic (exact) mass is 175 g/mol. The molecule has 0 aromatic carbocycles. The smallest absolute Gasteiger partial charge is 0.325 e. The molecule has 0 aromatic rings. The quantitative estimate of drug-likeness (QED) is 0.627. The molecule has 0 saturated heterocycles. The van der Waals surface area contributed by atoms with Crippen LogP contribution in [-0.4, -0.2) is 31.3 Å². The Bertz CT molecular complexity index is 151. The van der Waals surface area contributed by atoms with Gasteiger partial charge in [-0.05, 0) is 20.8 Å². The van der Waals surface area contributed by atoms with Gasteiger partial charge in [0.2, 0.25) is 0 Å². The van der Waals surface area contributed by atoms with E-state index in [1.165, 1.54) is 7.11 Å². The molecule has 0 spiro atoms. The molecule has 0 aliphatic rings. The largest absolute Gasteiger partial charge is 0.468 e. The fourth-order valence-corrected chi connectivity index (χ4v) is 0.559. The van der Waals surface area contributed by atoms with E-state index in [4.69, 9.17) is 10.5 Å². The maximum Gasteiger partial charge on any atom is 0.325 e. The van der Waals surface area contributed by atoms with E-state index in [0.29, 0.717) is 0 Å². The van der Waals surface area contributed by atoms with Crippen LogP contribution in [-0.2, 0) is 14.3 Å². The molecule has 12 heavy (non-hydrogen) atoms. The van der Waals surface area contributed by atoms with E-state index in [0.717, 1.165) is 0 Å². The first-order valence-electron chi connectivity index (χ1n) is 3.84. The lowest BCUT2D eigenvalue weighted by molar-refractivity contribution is -0.145. The van der Waals surface area contributed by atoms with Crippen LogP contribution in [0.1, 0.15) is 20.8 Å². The van der Waals surface area contributed by atoms with Gasteiger partial charge in [-0.3, -0.25) is 4.79 Å². The van der Waals surface area contributed by atoms with Gasteiger partial charge in [0.25, 0.3) is 0 Å². The summed E-state index contributed by atoms with van der Waals surface area (Å²) < 4.78 is 9.72. The molecule has 4 nitrogen and oxygen atoms in total. The van der Waals surface area contributed by atoms with Crippen LogP contribution >= 0.6 is 0 Å². The molecule has 0 fully saturated rings. The van der Waals surface area contributed by atoms with Crippen molar-refractivity contribution in [1.82, 2.24) is 0 Å². The van der Waals surface area contributed by atoms with E-state index in [1.807, 2.05) is 20.8 Å². The number of hydrogen-bond donors (Lipinski definition) is 1. The SMILES string of the molecule is COC(=O)C(N)COC(C)(C)C. The van der Waals surface area contributed by atoms with Crippen LogP contribution < -0.4 is 5.73 Å². The Kier molecular flexibility index (Phi) is 4.20. The van der Waals surface area contributed by atoms with E-state index in [2.05, 4.69) is 4.74 Å². The van der Waals surface area contributed by atoms with Crippen molar-refractivity contribution in [2.75, 3.05) is 13.7 Å². The molecule has 0 aliphatic carbocycles. The maximum atomic E-state index is 10.8. The molecule has 2 N–H and O–H groups in total. The summed E-state index contributed by atoms with van der Waals surface area (Å²) in [4.78, 5) is 10.8. The van der Waals surface area contributed by atoms with Crippen LogP contribution in [0, 0.1) is 0 Å². The van der Waals surface area contributed by atoms with Gasteiger partial charge in [0, 0.05) is 0 Å². The summed E-state index contributed by atoms with van der Waals surface area (Å²) in [5.74, 6) is -0.445. The van der Waals surface area contributed by atoms with Crippen molar-refractivity contribution in [1.29, 1.82) is 0 Å². The lowest BCUT2D eigenvalue weighted by Crippen LogP contribution is -2.38. The second-order valence-electron chi connectivity index (χ2n) is 3.55. The predicted octanol–water partition coefficient (Wildman–Crippen LogP) is 0.302. The molecule has 72 valence electrons. The number of carbonyl (C=O) groups is 1. The average molecular weight is 175 g/mol. The highest BCUT2D eigenvalue weighted by molar-refractivity contribution is 5.75. The highest BCUT2D eigenvalue weighted by Gasteiger charge is 2.18. The number of carbonyl (C=O) groups excluding carboxylic acids is 1. The molecule has 0 aromatic heterocycles. The summed E-state index contributed by atoms with van der Waals surface area (Å²) in [6.45, 7) is 5.89. The Balaban J connectivity index is 3.72. The third-order valence-electron chi connectivity index (χ3n) is 1.20. The van der Waals surface area contributed by atoms with Gasteiger partial charge < -0.3 is 15.2 Å². The van der Waals surface area contributed by atoms with Crippen molar-refractivity contribution in [3.63, 3.8) is 0 Å². The zero-order valence-corrected chi connectivity index (χ0v) is 8.09. The molecular formula is C8H17NO3. The molecule has 0 radical (unpaired) electrons. The second kappa shape index (κ2) is 4.42. The number of methoxy groups -OCH3 is 1. The number of esters is 1. The zero-order valence-electron chi connectivity index (χ0n) is 8.09. The first-order valence-corrected chi connectivity index (χ1v) is 3.84. The van der Waals surface area contributed by atoms with Crippen LogP contribution in [0.3, 0.4) is 0 Å². The van der Waals surface area contributed by atoms with Crippen molar-refractivity contribution in [3.8, 4) is 0 Å². The topological polar surface area (TPSA) is 61.5 Å². The summed E-state index contributed by atoms with van der Waals surface area (Å²) in [6, 6.07) is -0.686. The van der Waals surface area contributed by atoms with Crippen molar-refractivity contribution in [2.24, 2.45) is 5.73 Å². The molecule has 0 rings (SSSR count). The first-order chi connectivity index (χ1) is 5.37. The zero-order chi connectivity index (χ0) is 9.78. The van der Waals surface area contributed by atoms with E-state index in [9.17, 15) is 4.79 Å². The Morgan fingerprint density at radius 3 is 2.33 bits per heavy atom. The molecule has 0 bridgehead atoms. The Morgan fingerprint density at radius 1 is 1.50 bits per heavy atom. The van der Waals surface area contributed by atoms with Crippen LogP contribution in [0.15, 0.2) is 0 Å². The van der Waals surface area contributed by atoms with E-state index in [-0.39, 0.29) is 12.2 Å². The normalized spacial score (nSPS) is 14.1. The van der Waals surface area contributed by atoms with Gasteiger partial charge in [-0.25, -0.2) is 0 Å². The molecular weight excluding hydrogens is 158 g/mol. The van der Waals surface area contributed by atoms with E-state index >= 15 is 0 Å². The average Bonchev–Trinajstić information content (AvgIpc) is 1.97. The number of hydrogen-bond acceptors (Lipinski definition) is 4. The summed E-state index contributed by atoms with van der Waals surface area (Å²) >= 11 is 0. The van der Waals surface area contributed by atoms with Crippen molar-refractivity contribution >= 4 is 5.97 Å². The van der Waals surface area contributed by atoms with Gasteiger partial charge in [-0.1, -0.05) is 0 Å². The van der Waals surface area contributed by atoms with Crippen molar-refractivity contribution < 1.29 is 14.3 Å². The summed E-state index contributed by atoms with van der Waals surface area (Å²) in [5, 5.41) is 0. The first kappa shape index (κ1) is 11.4. The Labute approximate surface area is 73.0 Å².